The van der Waals surface area contributed by atoms with Gasteiger partial charge in [-0.05, 0) is 56.5 Å². The second-order valence-corrected chi connectivity index (χ2v) is 5.70. The van der Waals surface area contributed by atoms with E-state index >= 15 is 0 Å². The molecule has 2 unspecified atom stereocenters. The summed E-state index contributed by atoms with van der Waals surface area (Å²) < 4.78 is 6.06. The van der Waals surface area contributed by atoms with Gasteiger partial charge in [-0.3, -0.25) is 0 Å². The molecule has 1 fully saturated rings. The molecule has 1 aromatic carbocycles. The summed E-state index contributed by atoms with van der Waals surface area (Å²) in [6.07, 6.45) is 3.06. The Morgan fingerprint density at radius 3 is 2.79 bits per heavy atom. The van der Waals surface area contributed by atoms with Gasteiger partial charge in [0.1, 0.15) is 11.9 Å². The summed E-state index contributed by atoms with van der Waals surface area (Å²) in [5, 5.41) is 13.0. The summed E-state index contributed by atoms with van der Waals surface area (Å²) >= 11 is 0. The maximum Gasteiger partial charge on any atom is 0.120 e. The molecule has 2 N–H and O–H groups in total. The van der Waals surface area contributed by atoms with Gasteiger partial charge in [0.05, 0.1) is 6.61 Å². The normalized spacial score (nSPS) is 26.6. The molecule has 19 heavy (non-hydrogen) atoms. The van der Waals surface area contributed by atoms with E-state index in [4.69, 9.17) is 4.74 Å². The highest BCUT2D eigenvalue weighted by Gasteiger charge is 2.39. The van der Waals surface area contributed by atoms with Crippen LogP contribution >= 0.6 is 0 Å². The van der Waals surface area contributed by atoms with Crippen molar-refractivity contribution in [2.75, 3.05) is 13.2 Å². The van der Waals surface area contributed by atoms with E-state index in [2.05, 4.69) is 38.2 Å². The molecule has 1 saturated carbocycles. The second kappa shape index (κ2) is 5.93. The quantitative estimate of drug-likeness (QED) is 0.858. The molecular formula is C16H25NO2. The molecule has 3 heteroatoms. The molecule has 0 bridgehead atoms. The van der Waals surface area contributed by atoms with E-state index in [0.717, 1.165) is 31.6 Å². The Morgan fingerprint density at radius 1 is 1.37 bits per heavy atom. The van der Waals surface area contributed by atoms with Gasteiger partial charge in [0.15, 0.2) is 0 Å². The molecule has 106 valence electrons. The Balaban J connectivity index is 1.99. The Bertz CT molecular complexity index is 433. The topological polar surface area (TPSA) is 41.5 Å². The fraction of sp³-hybridized carbons (Fsp3) is 0.625. The van der Waals surface area contributed by atoms with Crippen LogP contribution in [0.4, 0.5) is 0 Å². The van der Waals surface area contributed by atoms with Crippen LogP contribution in [0.15, 0.2) is 18.2 Å². The molecule has 2 atom stereocenters. The highest BCUT2D eigenvalue weighted by Crippen LogP contribution is 2.32. The Labute approximate surface area is 116 Å². The van der Waals surface area contributed by atoms with Crippen molar-refractivity contribution in [3.05, 3.63) is 29.3 Å². The lowest BCUT2D eigenvalue weighted by Gasteiger charge is -2.28. The van der Waals surface area contributed by atoms with Crippen LogP contribution in [0.25, 0.3) is 0 Å². The van der Waals surface area contributed by atoms with E-state index in [9.17, 15) is 5.11 Å². The summed E-state index contributed by atoms with van der Waals surface area (Å²) in [5.41, 5.74) is 2.41. The second-order valence-electron chi connectivity index (χ2n) is 5.70. The molecule has 0 aromatic heterocycles. The lowest BCUT2D eigenvalue weighted by molar-refractivity contribution is 0.142. The minimum atomic E-state index is -0.140. The summed E-state index contributed by atoms with van der Waals surface area (Å²) in [7, 11) is 0. The first-order valence-electron chi connectivity index (χ1n) is 7.18. The molecular weight excluding hydrogens is 238 g/mol. The van der Waals surface area contributed by atoms with Crippen LogP contribution in [0.1, 0.15) is 37.3 Å². The van der Waals surface area contributed by atoms with Crippen LogP contribution < -0.4 is 10.1 Å². The molecule has 0 amide bonds. The van der Waals surface area contributed by atoms with E-state index in [1.165, 1.54) is 11.1 Å². The molecule has 0 heterocycles. The highest BCUT2D eigenvalue weighted by atomic mass is 16.5. The van der Waals surface area contributed by atoms with E-state index in [1.54, 1.807) is 0 Å². The molecule has 1 aliphatic carbocycles. The molecule has 0 saturated heterocycles. The number of hydrogen-bond donors (Lipinski definition) is 2. The number of aryl methyl sites for hydroxylation is 2. The number of aliphatic hydroxyl groups is 1. The standard InChI is InChI=1S/C16H25NO2/c1-4-17-16(11-18)8-7-15(10-16)19-14-6-5-12(2)13(3)9-14/h5-6,9,15,17-18H,4,7-8,10-11H2,1-3H3. The van der Waals surface area contributed by atoms with Crippen molar-refractivity contribution in [2.24, 2.45) is 0 Å². The average Bonchev–Trinajstić information content (AvgIpc) is 2.78. The third-order valence-electron chi connectivity index (χ3n) is 4.20. The van der Waals surface area contributed by atoms with Crippen molar-refractivity contribution in [3.8, 4) is 5.75 Å². The first kappa shape index (κ1) is 14.4. The van der Waals surface area contributed by atoms with Crippen LogP contribution in [0.2, 0.25) is 0 Å². The largest absolute Gasteiger partial charge is 0.490 e. The predicted molar refractivity (Wildman–Crippen MR) is 77.7 cm³/mol. The maximum atomic E-state index is 9.59. The Morgan fingerprint density at radius 2 is 2.16 bits per heavy atom. The van der Waals surface area contributed by atoms with E-state index in [1.807, 2.05) is 6.07 Å². The molecule has 3 nitrogen and oxygen atoms in total. The monoisotopic (exact) mass is 263 g/mol. The van der Waals surface area contributed by atoms with Crippen LogP contribution in [0.3, 0.4) is 0 Å². The van der Waals surface area contributed by atoms with E-state index in [-0.39, 0.29) is 18.2 Å². The van der Waals surface area contributed by atoms with Crippen molar-refractivity contribution in [2.45, 2.75) is 51.7 Å². The van der Waals surface area contributed by atoms with Crippen LogP contribution in [-0.4, -0.2) is 29.9 Å². The Hall–Kier alpha value is -1.06. The van der Waals surface area contributed by atoms with Gasteiger partial charge in [0.2, 0.25) is 0 Å². The van der Waals surface area contributed by atoms with Crippen molar-refractivity contribution >= 4 is 0 Å². The van der Waals surface area contributed by atoms with Gasteiger partial charge in [0, 0.05) is 12.0 Å². The van der Waals surface area contributed by atoms with Crippen molar-refractivity contribution in [1.82, 2.24) is 5.32 Å². The first-order chi connectivity index (χ1) is 9.08. The zero-order valence-corrected chi connectivity index (χ0v) is 12.2. The van der Waals surface area contributed by atoms with Gasteiger partial charge in [-0.1, -0.05) is 13.0 Å². The number of rotatable bonds is 5. The van der Waals surface area contributed by atoms with Gasteiger partial charge in [-0.15, -0.1) is 0 Å². The number of likely N-dealkylation sites (N-methyl/N-ethyl adjacent to an activating group) is 1. The molecule has 0 spiro atoms. The minimum Gasteiger partial charge on any atom is -0.490 e. The number of aliphatic hydroxyl groups excluding tert-OH is 1. The smallest absolute Gasteiger partial charge is 0.120 e. The zero-order valence-electron chi connectivity index (χ0n) is 12.2. The van der Waals surface area contributed by atoms with E-state index < -0.39 is 0 Å². The fourth-order valence-electron chi connectivity index (χ4n) is 2.89. The van der Waals surface area contributed by atoms with Crippen LogP contribution in [0, 0.1) is 13.8 Å². The third kappa shape index (κ3) is 3.28. The Kier molecular flexibility index (Phi) is 4.48. The number of benzene rings is 1. The van der Waals surface area contributed by atoms with Gasteiger partial charge in [-0.25, -0.2) is 0 Å². The van der Waals surface area contributed by atoms with Gasteiger partial charge >= 0.3 is 0 Å². The fourth-order valence-corrected chi connectivity index (χ4v) is 2.89. The van der Waals surface area contributed by atoms with E-state index in [0.29, 0.717) is 0 Å². The van der Waals surface area contributed by atoms with Crippen LogP contribution in [-0.2, 0) is 0 Å². The highest BCUT2D eigenvalue weighted by molar-refractivity contribution is 5.34. The predicted octanol–water partition coefficient (Wildman–Crippen LogP) is 2.58. The average molecular weight is 263 g/mol. The molecule has 2 rings (SSSR count). The first-order valence-corrected chi connectivity index (χ1v) is 7.18. The molecule has 0 radical (unpaired) electrons. The lowest BCUT2D eigenvalue weighted by Crippen LogP contribution is -2.46. The summed E-state index contributed by atoms with van der Waals surface area (Å²) in [6, 6.07) is 6.24. The number of ether oxygens (including phenoxy) is 1. The lowest BCUT2D eigenvalue weighted by atomic mass is 9.99. The summed E-state index contributed by atoms with van der Waals surface area (Å²) in [5.74, 6) is 0.943. The number of nitrogens with one attached hydrogen (secondary N) is 1. The third-order valence-corrected chi connectivity index (χ3v) is 4.20. The van der Waals surface area contributed by atoms with Gasteiger partial charge in [-0.2, -0.15) is 0 Å². The van der Waals surface area contributed by atoms with Crippen molar-refractivity contribution < 1.29 is 9.84 Å². The van der Waals surface area contributed by atoms with Gasteiger partial charge < -0.3 is 15.2 Å². The zero-order chi connectivity index (χ0) is 13.9. The van der Waals surface area contributed by atoms with Crippen molar-refractivity contribution in [3.63, 3.8) is 0 Å². The van der Waals surface area contributed by atoms with Gasteiger partial charge in [0.25, 0.3) is 0 Å². The van der Waals surface area contributed by atoms with Crippen LogP contribution in [0.5, 0.6) is 5.75 Å². The molecule has 0 aliphatic heterocycles. The minimum absolute atomic E-state index is 0.140. The molecule has 1 aliphatic rings. The molecule has 1 aromatic rings. The summed E-state index contributed by atoms with van der Waals surface area (Å²) in [6.45, 7) is 7.36. The number of hydrogen-bond acceptors (Lipinski definition) is 3. The van der Waals surface area contributed by atoms with Crippen molar-refractivity contribution in [1.29, 1.82) is 0 Å². The SMILES string of the molecule is CCNC1(CO)CCC(Oc2ccc(C)c(C)c2)C1. The maximum absolute atomic E-state index is 9.59. The summed E-state index contributed by atoms with van der Waals surface area (Å²) in [4.78, 5) is 0.